The maximum absolute atomic E-state index is 11.9. The second-order valence-corrected chi connectivity index (χ2v) is 4.87. The number of nitrogens with zero attached hydrogens (tertiary/aromatic N) is 2. The Kier molecular flexibility index (Phi) is 3.53. The standard InChI is InChI=1S/C10H18N4O3/c1-6(13-17-5)10(14-16)7(9(2,3)4)11-12-8(10)15/h14,16H,1-5H3,(H,12,15)/b13-6+. The first-order chi connectivity index (χ1) is 7.80. The molecule has 7 nitrogen and oxygen atoms in total. The summed E-state index contributed by atoms with van der Waals surface area (Å²) >= 11 is 0. The van der Waals surface area contributed by atoms with Gasteiger partial charge in [-0.1, -0.05) is 25.9 Å². The van der Waals surface area contributed by atoms with Gasteiger partial charge in [-0.15, -0.1) is 0 Å². The Bertz CT molecular complexity index is 384. The van der Waals surface area contributed by atoms with Crippen LogP contribution in [0, 0.1) is 5.41 Å². The number of carbonyl (C=O) groups excluding carboxylic acids is 1. The highest BCUT2D eigenvalue weighted by molar-refractivity contribution is 6.34. The van der Waals surface area contributed by atoms with Crippen molar-refractivity contribution < 1.29 is 14.8 Å². The van der Waals surface area contributed by atoms with Crippen LogP contribution in [0.3, 0.4) is 0 Å². The van der Waals surface area contributed by atoms with Crippen LogP contribution in [0.1, 0.15) is 27.7 Å². The summed E-state index contributed by atoms with van der Waals surface area (Å²) in [7, 11) is 1.37. The number of hydroxylamine groups is 1. The van der Waals surface area contributed by atoms with Crippen molar-refractivity contribution in [2.75, 3.05) is 7.11 Å². The average molecular weight is 242 g/mol. The lowest BCUT2D eigenvalue weighted by atomic mass is 9.75. The van der Waals surface area contributed by atoms with Gasteiger partial charge in [0.1, 0.15) is 7.11 Å². The van der Waals surface area contributed by atoms with Crippen molar-refractivity contribution >= 4 is 17.3 Å². The molecule has 17 heavy (non-hydrogen) atoms. The number of carbonyl (C=O) groups is 1. The lowest BCUT2D eigenvalue weighted by molar-refractivity contribution is -0.124. The molecule has 0 radical (unpaired) electrons. The van der Waals surface area contributed by atoms with Crippen molar-refractivity contribution in [1.29, 1.82) is 0 Å². The molecule has 3 N–H and O–H groups in total. The summed E-state index contributed by atoms with van der Waals surface area (Å²) in [5, 5.41) is 17.1. The lowest BCUT2D eigenvalue weighted by Gasteiger charge is -2.32. The predicted octanol–water partition coefficient (Wildman–Crippen LogP) is 0.258. The number of hydrogen-bond donors (Lipinski definition) is 3. The number of hydrogen-bond acceptors (Lipinski definition) is 6. The van der Waals surface area contributed by atoms with Crippen LogP contribution in [0.15, 0.2) is 10.3 Å². The molecule has 96 valence electrons. The molecule has 0 saturated carbocycles. The van der Waals surface area contributed by atoms with E-state index in [1.807, 2.05) is 26.3 Å². The summed E-state index contributed by atoms with van der Waals surface area (Å²) in [6.07, 6.45) is 0. The number of rotatable bonds is 3. The molecular weight excluding hydrogens is 224 g/mol. The fourth-order valence-electron chi connectivity index (χ4n) is 1.84. The van der Waals surface area contributed by atoms with Gasteiger partial charge in [0, 0.05) is 5.41 Å². The van der Waals surface area contributed by atoms with Crippen LogP contribution >= 0.6 is 0 Å². The van der Waals surface area contributed by atoms with Crippen molar-refractivity contribution in [2.24, 2.45) is 15.7 Å². The minimum absolute atomic E-state index is 0.283. The molecule has 0 saturated heterocycles. The summed E-state index contributed by atoms with van der Waals surface area (Å²) in [6.45, 7) is 7.24. The second-order valence-electron chi connectivity index (χ2n) is 4.87. The smallest absolute Gasteiger partial charge is 0.274 e. The van der Waals surface area contributed by atoms with Crippen LogP contribution in [-0.4, -0.2) is 35.2 Å². The van der Waals surface area contributed by atoms with Crippen LogP contribution in [0.5, 0.6) is 0 Å². The number of nitrogens with one attached hydrogen (secondary N) is 2. The molecule has 1 unspecified atom stereocenters. The van der Waals surface area contributed by atoms with Crippen LogP contribution in [0.25, 0.3) is 0 Å². The van der Waals surface area contributed by atoms with Crippen LogP contribution in [0.4, 0.5) is 0 Å². The van der Waals surface area contributed by atoms with E-state index >= 15 is 0 Å². The normalized spacial score (nSPS) is 25.6. The number of amides is 1. The van der Waals surface area contributed by atoms with Crippen molar-refractivity contribution in [1.82, 2.24) is 10.9 Å². The van der Waals surface area contributed by atoms with Gasteiger partial charge in [-0.3, -0.25) is 4.79 Å². The molecule has 1 aliphatic heterocycles. The molecule has 1 atom stereocenters. The van der Waals surface area contributed by atoms with Gasteiger partial charge in [0.25, 0.3) is 5.91 Å². The van der Waals surface area contributed by atoms with Crippen molar-refractivity contribution in [3.8, 4) is 0 Å². The highest BCUT2D eigenvalue weighted by Crippen LogP contribution is 2.29. The minimum Gasteiger partial charge on any atom is -0.399 e. The third kappa shape index (κ3) is 2.03. The van der Waals surface area contributed by atoms with E-state index in [1.54, 1.807) is 6.92 Å². The topological polar surface area (TPSA) is 95.3 Å². The Morgan fingerprint density at radius 1 is 1.59 bits per heavy atom. The van der Waals surface area contributed by atoms with Crippen molar-refractivity contribution in [3.63, 3.8) is 0 Å². The molecule has 1 heterocycles. The van der Waals surface area contributed by atoms with E-state index in [0.29, 0.717) is 5.71 Å². The van der Waals surface area contributed by atoms with Gasteiger partial charge >= 0.3 is 0 Å². The Labute approximate surface area is 99.9 Å². The van der Waals surface area contributed by atoms with Crippen LogP contribution in [-0.2, 0) is 9.63 Å². The predicted molar refractivity (Wildman–Crippen MR) is 62.8 cm³/mol. The molecule has 1 aliphatic rings. The van der Waals surface area contributed by atoms with Gasteiger partial charge < -0.3 is 10.0 Å². The number of oxime groups is 1. The summed E-state index contributed by atoms with van der Waals surface area (Å²) in [4.78, 5) is 16.6. The maximum Gasteiger partial charge on any atom is 0.274 e. The maximum atomic E-state index is 11.9. The molecule has 0 bridgehead atoms. The van der Waals surface area contributed by atoms with E-state index in [2.05, 4.69) is 20.5 Å². The third-order valence-corrected chi connectivity index (χ3v) is 2.61. The first kappa shape index (κ1) is 13.6. The molecule has 0 spiro atoms. The van der Waals surface area contributed by atoms with E-state index in [-0.39, 0.29) is 5.71 Å². The largest absolute Gasteiger partial charge is 0.399 e. The SMILES string of the molecule is CO/N=C(\C)C1(NO)C(=O)NN=C1C(C)(C)C. The van der Waals surface area contributed by atoms with Gasteiger partial charge in [-0.25, -0.2) is 5.43 Å². The first-order valence-electron chi connectivity index (χ1n) is 5.19. The fourth-order valence-corrected chi connectivity index (χ4v) is 1.84. The van der Waals surface area contributed by atoms with E-state index in [1.165, 1.54) is 7.11 Å². The third-order valence-electron chi connectivity index (χ3n) is 2.61. The minimum atomic E-state index is -1.46. The summed E-state index contributed by atoms with van der Waals surface area (Å²) in [5.41, 5.74) is 3.22. The summed E-state index contributed by atoms with van der Waals surface area (Å²) in [5.74, 6) is -0.483. The van der Waals surface area contributed by atoms with Crippen LogP contribution in [0.2, 0.25) is 0 Å². The molecule has 7 heteroatoms. The Hall–Kier alpha value is -1.47. The van der Waals surface area contributed by atoms with Gasteiger partial charge in [0.05, 0.1) is 11.4 Å². The highest BCUT2D eigenvalue weighted by Gasteiger charge is 2.54. The van der Waals surface area contributed by atoms with Gasteiger partial charge in [0.2, 0.25) is 5.54 Å². The highest BCUT2D eigenvalue weighted by atomic mass is 16.6. The zero-order chi connectivity index (χ0) is 13.3. The van der Waals surface area contributed by atoms with Crippen LogP contribution < -0.4 is 10.9 Å². The molecular formula is C10H18N4O3. The molecule has 0 aromatic heterocycles. The summed E-state index contributed by atoms with van der Waals surface area (Å²) in [6, 6.07) is 0. The molecule has 1 rings (SSSR count). The molecule has 0 aromatic rings. The van der Waals surface area contributed by atoms with E-state index in [0.717, 1.165) is 0 Å². The Morgan fingerprint density at radius 2 is 2.18 bits per heavy atom. The number of hydrazone groups is 1. The van der Waals surface area contributed by atoms with Gasteiger partial charge in [-0.05, 0) is 6.92 Å². The first-order valence-corrected chi connectivity index (χ1v) is 5.19. The Balaban J connectivity index is 3.34. The quantitative estimate of drug-likeness (QED) is 0.488. The molecule has 1 amide bonds. The van der Waals surface area contributed by atoms with Crippen molar-refractivity contribution in [3.05, 3.63) is 0 Å². The Morgan fingerprint density at radius 3 is 2.59 bits per heavy atom. The molecule has 0 aromatic carbocycles. The van der Waals surface area contributed by atoms with Gasteiger partial charge in [0.15, 0.2) is 0 Å². The lowest BCUT2D eigenvalue weighted by Crippen LogP contribution is -2.63. The zero-order valence-electron chi connectivity index (χ0n) is 10.7. The monoisotopic (exact) mass is 242 g/mol. The summed E-state index contributed by atoms with van der Waals surface area (Å²) < 4.78 is 0. The average Bonchev–Trinajstić information content (AvgIpc) is 2.56. The van der Waals surface area contributed by atoms with Crippen molar-refractivity contribution in [2.45, 2.75) is 33.2 Å². The second kappa shape index (κ2) is 4.42. The fraction of sp³-hybridized carbons (Fsp3) is 0.700. The zero-order valence-corrected chi connectivity index (χ0v) is 10.7. The van der Waals surface area contributed by atoms with E-state index in [4.69, 9.17) is 0 Å². The van der Waals surface area contributed by atoms with E-state index < -0.39 is 16.9 Å². The van der Waals surface area contributed by atoms with E-state index in [9.17, 15) is 10.0 Å². The molecule has 0 aliphatic carbocycles. The van der Waals surface area contributed by atoms with Gasteiger partial charge in [-0.2, -0.15) is 10.6 Å². The molecule has 0 fully saturated rings.